The van der Waals surface area contributed by atoms with Crippen molar-refractivity contribution in [3.63, 3.8) is 0 Å². The first-order valence-electron chi connectivity index (χ1n) is 7.42. The number of thiazole rings is 1. The van der Waals surface area contributed by atoms with Crippen LogP contribution in [-0.4, -0.2) is 42.6 Å². The number of rotatable bonds is 5. The van der Waals surface area contributed by atoms with Gasteiger partial charge in [0.1, 0.15) is 0 Å². The van der Waals surface area contributed by atoms with Crippen LogP contribution in [0.5, 0.6) is 0 Å². The second-order valence-corrected chi connectivity index (χ2v) is 6.86. The summed E-state index contributed by atoms with van der Waals surface area (Å²) in [5.74, 6) is 0. The molecule has 0 aliphatic heterocycles. The summed E-state index contributed by atoms with van der Waals surface area (Å²) in [5, 5.41) is 6.92. The van der Waals surface area contributed by atoms with E-state index in [1.54, 1.807) is 11.3 Å². The van der Waals surface area contributed by atoms with Crippen molar-refractivity contribution in [1.29, 1.82) is 0 Å². The lowest BCUT2D eigenvalue weighted by Crippen LogP contribution is -2.59. The number of hydrogen-bond acceptors (Lipinski definition) is 4. The van der Waals surface area contributed by atoms with Crippen molar-refractivity contribution in [2.24, 2.45) is 0 Å². The number of nitrogens with zero attached hydrogens (tertiary/aromatic N) is 2. The van der Waals surface area contributed by atoms with Crippen LogP contribution in [-0.2, 0) is 6.42 Å². The average Bonchev–Trinajstić information content (AvgIpc) is 2.78. The molecule has 4 heteroatoms. The molecular weight excluding hydrogens is 254 g/mol. The number of nitrogens with one attached hydrogen (secondary N) is 1. The molecule has 0 radical (unpaired) electrons. The highest BCUT2D eigenvalue weighted by Crippen LogP contribution is 2.35. The molecule has 1 aliphatic rings. The maximum absolute atomic E-state index is 4.47. The molecule has 0 amide bonds. The smallest absolute Gasteiger partial charge is 0.0941 e. The molecule has 2 rings (SSSR count). The van der Waals surface area contributed by atoms with Gasteiger partial charge >= 0.3 is 0 Å². The molecule has 108 valence electrons. The van der Waals surface area contributed by atoms with Crippen molar-refractivity contribution in [1.82, 2.24) is 15.2 Å². The summed E-state index contributed by atoms with van der Waals surface area (Å²) in [6.07, 6.45) is 11.1. The van der Waals surface area contributed by atoms with Crippen molar-refractivity contribution >= 4 is 11.3 Å². The average molecular weight is 281 g/mol. The van der Waals surface area contributed by atoms with Crippen LogP contribution in [0.2, 0.25) is 0 Å². The van der Waals surface area contributed by atoms with Gasteiger partial charge in [-0.1, -0.05) is 25.7 Å². The van der Waals surface area contributed by atoms with Crippen LogP contribution in [0.15, 0.2) is 11.6 Å². The Hall–Kier alpha value is -0.450. The maximum atomic E-state index is 4.47. The van der Waals surface area contributed by atoms with E-state index in [2.05, 4.69) is 41.7 Å². The first-order valence-corrected chi connectivity index (χ1v) is 8.30. The van der Waals surface area contributed by atoms with Crippen molar-refractivity contribution in [3.8, 4) is 0 Å². The zero-order valence-corrected chi connectivity index (χ0v) is 13.3. The van der Waals surface area contributed by atoms with E-state index in [9.17, 15) is 0 Å². The van der Waals surface area contributed by atoms with E-state index in [1.165, 1.54) is 43.5 Å². The van der Waals surface area contributed by atoms with E-state index in [4.69, 9.17) is 0 Å². The lowest BCUT2D eigenvalue weighted by atomic mass is 9.80. The maximum Gasteiger partial charge on any atom is 0.0941 e. The molecule has 1 unspecified atom stereocenters. The van der Waals surface area contributed by atoms with Crippen LogP contribution in [0.4, 0.5) is 0 Å². The summed E-state index contributed by atoms with van der Waals surface area (Å²) in [6.45, 7) is 0. The highest BCUT2D eigenvalue weighted by molar-refractivity contribution is 7.09. The molecule has 0 saturated heterocycles. The van der Waals surface area contributed by atoms with Gasteiger partial charge in [0.15, 0.2) is 0 Å². The Bertz CT molecular complexity index is 353. The molecule has 1 aromatic heterocycles. The van der Waals surface area contributed by atoms with Crippen molar-refractivity contribution in [3.05, 3.63) is 16.6 Å². The van der Waals surface area contributed by atoms with Gasteiger partial charge < -0.3 is 10.2 Å². The van der Waals surface area contributed by atoms with Gasteiger partial charge in [-0.15, -0.1) is 11.3 Å². The summed E-state index contributed by atoms with van der Waals surface area (Å²) in [4.78, 5) is 6.94. The van der Waals surface area contributed by atoms with Crippen LogP contribution in [0, 0.1) is 0 Å². The summed E-state index contributed by atoms with van der Waals surface area (Å²) in [6, 6.07) is 0.492. The Labute approximate surface area is 121 Å². The summed E-state index contributed by atoms with van der Waals surface area (Å²) < 4.78 is 0. The van der Waals surface area contributed by atoms with Crippen LogP contribution in [0.1, 0.15) is 43.5 Å². The lowest BCUT2D eigenvalue weighted by Gasteiger charge is -2.45. The third-order valence-electron chi connectivity index (χ3n) is 4.72. The molecule has 3 nitrogen and oxygen atoms in total. The zero-order valence-electron chi connectivity index (χ0n) is 12.5. The predicted molar refractivity (Wildman–Crippen MR) is 82.8 cm³/mol. The molecule has 19 heavy (non-hydrogen) atoms. The Morgan fingerprint density at radius 3 is 2.47 bits per heavy atom. The predicted octanol–water partition coefficient (Wildman–Crippen LogP) is 2.93. The largest absolute Gasteiger partial charge is 0.315 e. The number of aromatic nitrogens is 1. The molecule has 1 saturated carbocycles. The van der Waals surface area contributed by atoms with Gasteiger partial charge in [0.25, 0.3) is 0 Å². The van der Waals surface area contributed by atoms with Crippen LogP contribution < -0.4 is 5.32 Å². The SMILES string of the molecule is CNC(Cc1nccs1)C1(N(C)C)CCCCCC1. The first kappa shape index (κ1) is 14.9. The second-order valence-electron chi connectivity index (χ2n) is 5.88. The van der Waals surface area contributed by atoms with Gasteiger partial charge in [-0.3, -0.25) is 0 Å². The quantitative estimate of drug-likeness (QED) is 0.841. The van der Waals surface area contributed by atoms with Crippen molar-refractivity contribution in [2.75, 3.05) is 21.1 Å². The number of likely N-dealkylation sites (N-methyl/N-ethyl adjacent to an activating group) is 2. The van der Waals surface area contributed by atoms with Crippen LogP contribution in [0.25, 0.3) is 0 Å². The fourth-order valence-corrected chi connectivity index (χ4v) is 4.20. The number of hydrogen-bond donors (Lipinski definition) is 1. The molecule has 1 aromatic rings. The molecule has 1 heterocycles. The van der Waals surface area contributed by atoms with Gasteiger partial charge in [-0.05, 0) is 34.0 Å². The standard InChI is InChI=1S/C15H27N3S/c1-16-13(12-14-17-10-11-19-14)15(18(2)3)8-6-4-5-7-9-15/h10-11,13,16H,4-9,12H2,1-3H3. The molecule has 1 N–H and O–H groups in total. The van der Waals surface area contributed by atoms with Gasteiger partial charge in [0, 0.05) is 29.6 Å². The second kappa shape index (κ2) is 6.82. The van der Waals surface area contributed by atoms with E-state index in [1.807, 2.05) is 6.20 Å². The zero-order chi connectivity index (χ0) is 13.7. The van der Waals surface area contributed by atoms with E-state index in [0.29, 0.717) is 6.04 Å². The minimum absolute atomic E-state index is 0.289. The molecule has 1 atom stereocenters. The van der Waals surface area contributed by atoms with Crippen molar-refractivity contribution < 1.29 is 0 Å². The lowest BCUT2D eigenvalue weighted by molar-refractivity contribution is 0.0835. The monoisotopic (exact) mass is 281 g/mol. The highest BCUT2D eigenvalue weighted by atomic mass is 32.1. The van der Waals surface area contributed by atoms with Gasteiger partial charge in [0.05, 0.1) is 5.01 Å². The van der Waals surface area contributed by atoms with E-state index >= 15 is 0 Å². The highest BCUT2D eigenvalue weighted by Gasteiger charge is 2.40. The first-order chi connectivity index (χ1) is 9.19. The molecule has 0 spiro atoms. The van der Waals surface area contributed by atoms with Crippen molar-refractivity contribution in [2.45, 2.75) is 56.5 Å². The minimum Gasteiger partial charge on any atom is -0.315 e. The van der Waals surface area contributed by atoms with Gasteiger partial charge in [-0.2, -0.15) is 0 Å². The summed E-state index contributed by atoms with van der Waals surface area (Å²) in [7, 11) is 6.60. The fourth-order valence-electron chi connectivity index (χ4n) is 3.54. The Morgan fingerprint density at radius 2 is 2.00 bits per heavy atom. The molecule has 0 aromatic carbocycles. The van der Waals surface area contributed by atoms with E-state index < -0.39 is 0 Å². The molecular formula is C15H27N3S. The fraction of sp³-hybridized carbons (Fsp3) is 0.800. The molecule has 1 aliphatic carbocycles. The topological polar surface area (TPSA) is 28.2 Å². The minimum atomic E-state index is 0.289. The third kappa shape index (κ3) is 3.36. The van der Waals surface area contributed by atoms with E-state index in [-0.39, 0.29) is 5.54 Å². The third-order valence-corrected chi connectivity index (χ3v) is 5.52. The molecule has 0 bridgehead atoms. The van der Waals surface area contributed by atoms with Crippen LogP contribution in [0.3, 0.4) is 0 Å². The summed E-state index contributed by atoms with van der Waals surface area (Å²) in [5.41, 5.74) is 0.289. The molecule has 1 fully saturated rings. The Morgan fingerprint density at radius 1 is 1.32 bits per heavy atom. The Kier molecular flexibility index (Phi) is 5.37. The van der Waals surface area contributed by atoms with Gasteiger partial charge in [0.2, 0.25) is 0 Å². The summed E-state index contributed by atoms with van der Waals surface area (Å²) >= 11 is 1.78. The van der Waals surface area contributed by atoms with E-state index in [0.717, 1.165) is 6.42 Å². The normalized spacial score (nSPS) is 21.3. The Balaban J connectivity index is 2.18. The van der Waals surface area contributed by atoms with Gasteiger partial charge in [-0.25, -0.2) is 4.98 Å². The van der Waals surface area contributed by atoms with Crippen LogP contribution >= 0.6 is 11.3 Å².